The summed E-state index contributed by atoms with van der Waals surface area (Å²) in [4.78, 5) is 0. The van der Waals surface area contributed by atoms with Crippen LogP contribution in [0.3, 0.4) is 0 Å². The molecule has 0 fully saturated rings. The van der Waals surface area contributed by atoms with Gasteiger partial charge in [0.2, 0.25) is 0 Å². The van der Waals surface area contributed by atoms with Gasteiger partial charge < -0.3 is 13.4 Å². The molecule has 0 spiro atoms. The molecule has 0 aliphatic heterocycles. The summed E-state index contributed by atoms with van der Waals surface area (Å²) in [6.45, 7) is 0. The summed E-state index contributed by atoms with van der Waals surface area (Å²) in [5.41, 5.74) is 16.4. The first-order valence-corrected chi connectivity index (χ1v) is 19.4. The van der Waals surface area contributed by atoms with Gasteiger partial charge in [-0.1, -0.05) is 127 Å². The highest BCUT2D eigenvalue weighted by Crippen LogP contribution is 2.40. The molecule has 0 bridgehead atoms. The van der Waals surface area contributed by atoms with Crippen LogP contribution < -0.4 is 0 Å². The van der Waals surface area contributed by atoms with Gasteiger partial charge in [-0.15, -0.1) is 0 Å². The van der Waals surface area contributed by atoms with Crippen molar-refractivity contribution in [2.75, 3.05) is 0 Å². The molecular weight excluding hydrogens is 695 g/mol. The van der Waals surface area contributed by atoms with Gasteiger partial charge in [0.25, 0.3) is 0 Å². The summed E-state index contributed by atoms with van der Waals surface area (Å²) in [6.07, 6.45) is 0. The Bertz CT molecular complexity index is 3530. The Morgan fingerprint density at radius 2 is 0.702 bits per heavy atom. The first-order valence-electron chi connectivity index (χ1n) is 19.4. The van der Waals surface area contributed by atoms with Crippen molar-refractivity contribution in [1.82, 2.24) is 4.57 Å². The summed E-state index contributed by atoms with van der Waals surface area (Å²) in [6, 6.07) is 71.7. The van der Waals surface area contributed by atoms with E-state index >= 15 is 0 Å². The maximum Gasteiger partial charge on any atom is 0.135 e. The van der Waals surface area contributed by atoms with Gasteiger partial charge in [-0.05, 0) is 117 Å². The molecule has 266 valence electrons. The van der Waals surface area contributed by atoms with Crippen LogP contribution in [0.15, 0.2) is 209 Å². The van der Waals surface area contributed by atoms with Crippen molar-refractivity contribution in [1.29, 1.82) is 0 Å². The Balaban J connectivity index is 0.974. The molecule has 3 heterocycles. The van der Waals surface area contributed by atoms with E-state index in [2.05, 4.69) is 193 Å². The molecule has 3 nitrogen and oxygen atoms in total. The van der Waals surface area contributed by atoms with Gasteiger partial charge in [0, 0.05) is 38.0 Å². The zero-order valence-corrected chi connectivity index (χ0v) is 30.8. The summed E-state index contributed by atoms with van der Waals surface area (Å²) >= 11 is 0. The van der Waals surface area contributed by atoms with Gasteiger partial charge in [0.05, 0.1) is 11.0 Å². The fraction of sp³-hybridized carbons (Fsp3) is 0. The highest BCUT2D eigenvalue weighted by Gasteiger charge is 2.17. The van der Waals surface area contributed by atoms with E-state index < -0.39 is 0 Å². The predicted octanol–water partition coefficient (Wildman–Crippen LogP) is 15.3. The van der Waals surface area contributed by atoms with Crippen LogP contribution in [0.1, 0.15) is 0 Å². The third kappa shape index (κ3) is 5.13. The topological polar surface area (TPSA) is 31.2 Å². The molecule has 12 rings (SSSR count). The Labute approximate surface area is 328 Å². The van der Waals surface area contributed by atoms with Crippen LogP contribution >= 0.6 is 0 Å². The van der Waals surface area contributed by atoms with E-state index in [0.717, 1.165) is 71.8 Å². The van der Waals surface area contributed by atoms with Crippen molar-refractivity contribution in [2.45, 2.75) is 0 Å². The minimum atomic E-state index is 0.875. The second kappa shape index (κ2) is 12.5. The molecule has 0 amide bonds. The van der Waals surface area contributed by atoms with Gasteiger partial charge in [0.1, 0.15) is 22.3 Å². The Kier molecular flexibility index (Phi) is 6.93. The molecule has 0 radical (unpaired) electrons. The third-order valence-corrected chi connectivity index (χ3v) is 11.6. The highest BCUT2D eigenvalue weighted by molar-refractivity contribution is 6.12. The molecule has 0 aliphatic rings. The average Bonchev–Trinajstić information content (AvgIpc) is 3.95. The van der Waals surface area contributed by atoms with E-state index in [1.165, 1.54) is 44.1 Å². The third-order valence-electron chi connectivity index (χ3n) is 11.6. The van der Waals surface area contributed by atoms with Crippen LogP contribution in [0, 0.1) is 0 Å². The van der Waals surface area contributed by atoms with E-state index in [4.69, 9.17) is 8.83 Å². The van der Waals surface area contributed by atoms with Gasteiger partial charge >= 0.3 is 0 Å². The molecule has 0 saturated carbocycles. The van der Waals surface area contributed by atoms with Crippen molar-refractivity contribution >= 4 is 65.7 Å². The average molecular weight is 728 g/mol. The molecule has 3 aromatic heterocycles. The number of rotatable bonds is 5. The summed E-state index contributed by atoms with van der Waals surface area (Å²) in [5.74, 6) is 0. The monoisotopic (exact) mass is 727 g/mol. The summed E-state index contributed by atoms with van der Waals surface area (Å²) in [5, 5.41) is 6.90. The molecule has 57 heavy (non-hydrogen) atoms. The van der Waals surface area contributed by atoms with E-state index in [1.54, 1.807) is 0 Å². The Morgan fingerprint density at radius 3 is 1.40 bits per heavy atom. The van der Waals surface area contributed by atoms with Crippen LogP contribution in [-0.4, -0.2) is 4.57 Å². The van der Waals surface area contributed by atoms with Crippen LogP contribution in [0.2, 0.25) is 0 Å². The number of furan rings is 2. The molecule has 0 saturated heterocycles. The molecule has 3 heteroatoms. The smallest absolute Gasteiger partial charge is 0.135 e. The standard InChI is InChI=1S/C54H33NO2/c1-2-10-34(11-3-1)35-12-8-13-36(28-35)37-14-9-15-38(29-37)39-21-26-53-47(31-39)48-33-42(23-27-54(48)57-53)55-49-18-6-4-16-43(49)44-24-20-41(32-50(44)55)40-22-25-52-46(30-40)45-17-5-7-19-51(45)56-52/h1-33H. The summed E-state index contributed by atoms with van der Waals surface area (Å²) < 4.78 is 15.0. The number of hydrogen-bond donors (Lipinski definition) is 0. The predicted molar refractivity (Wildman–Crippen MR) is 237 cm³/mol. The SMILES string of the molecule is c1ccc(-c2cccc(-c3cccc(-c4ccc5oc6ccc(-n7c8ccccc8c8ccc(-c9ccc%10oc%11ccccc%11c%10c9)cc87)cc6c5c4)c3)c2)cc1. The van der Waals surface area contributed by atoms with Gasteiger partial charge in [0.15, 0.2) is 0 Å². The van der Waals surface area contributed by atoms with Gasteiger partial charge in [-0.3, -0.25) is 0 Å². The van der Waals surface area contributed by atoms with E-state index in [9.17, 15) is 0 Å². The number of para-hydroxylation sites is 2. The fourth-order valence-electron chi connectivity index (χ4n) is 8.81. The Morgan fingerprint density at radius 1 is 0.246 bits per heavy atom. The molecule has 9 aromatic carbocycles. The van der Waals surface area contributed by atoms with E-state index in [-0.39, 0.29) is 0 Å². The number of nitrogens with zero attached hydrogens (tertiary/aromatic N) is 1. The van der Waals surface area contributed by atoms with Crippen molar-refractivity contribution in [3.8, 4) is 50.2 Å². The zero-order valence-electron chi connectivity index (χ0n) is 30.8. The molecule has 0 atom stereocenters. The van der Waals surface area contributed by atoms with E-state index in [0.29, 0.717) is 0 Å². The molecule has 12 aromatic rings. The molecular formula is C54H33NO2. The quantitative estimate of drug-likeness (QED) is 0.177. The van der Waals surface area contributed by atoms with Crippen LogP contribution in [-0.2, 0) is 0 Å². The molecule has 0 N–H and O–H groups in total. The minimum Gasteiger partial charge on any atom is -0.456 e. The summed E-state index contributed by atoms with van der Waals surface area (Å²) in [7, 11) is 0. The first kappa shape index (κ1) is 31.7. The maximum atomic E-state index is 6.46. The normalized spacial score (nSPS) is 11.9. The van der Waals surface area contributed by atoms with Crippen LogP contribution in [0.5, 0.6) is 0 Å². The van der Waals surface area contributed by atoms with Crippen LogP contribution in [0.25, 0.3) is 116 Å². The van der Waals surface area contributed by atoms with Gasteiger partial charge in [-0.2, -0.15) is 0 Å². The van der Waals surface area contributed by atoms with Crippen molar-refractivity contribution < 1.29 is 8.83 Å². The van der Waals surface area contributed by atoms with Crippen molar-refractivity contribution in [2.24, 2.45) is 0 Å². The van der Waals surface area contributed by atoms with E-state index in [1.807, 2.05) is 12.1 Å². The van der Waals surface area contributed by atoms with Gasteiger partial charge in [-0.25, -0.2) is 0 Å². The van der Waals surface area contributed by atoms with Crippen molar-refractivity contribution in [3.05, 3.63) is 200 Å². The second-order valence-corrected chi connectivity index (χ2v) is 14.9. The maximum absolute atomic E-state index is 6.46. The first-order chi connectivity index (χ1) is 28.2. The lowest BCUT2D eigenvalue weighted by Gasteiger charge is -2.10. The lowest BCUT2D eigenvalue weighted by molar-refractivity contribution is 0.668. The lowest BCUT2D eigenvalue weighted by Crippen LogP contribution is -1.93. The Hall–Kier alpha value is -7.62. The number of hydrogen-bond acceptors (Lipinski definition) is 2. The largest absolute Gasteiger partial charge is 0.456 e. The van der Waals surface area contributed by atoms with Crippen molar-refractivity contribution in [3.63, 3.8) is 0 Å². The fourth-order valence-corrected chi connectivity index (χ4v) is 8.81. The molecule has 0 unspecified atom stereocenters. The van der Waals surface area contributed by atoms with Crippen LogP contribution in [0.4, 0.5) is 0 Å². The number of benzene rings is 9. The zero-order chi connectivity index (χ0) is 37.5. The number of fused-ring (bicyclic) bond motifs is 9. The highest BCUT2D eigenvalue weighted by atomic mass is 16.3. The molecule has 0 aliphatic carbocycles. The number of aromatic nitrogens is 1. The second-order valence-electron chi connectivity index (χ2n) is 14.9. The lowest BCUT2D eigenvalue weighted by atomic mass is 9.96. The minimum absolute atomic E-state index is 0.875.